The van der Waals surface area contributed by atoms with Crippen LogP contribution in [0.1, 0.15) is 17.5 Å². The lowest BCUT2D eigenvalue weighted by atomic mass is 10.2. The molecule has 4 heteroatoms. The molecule has 0 fully saturated rings. The predicted molar refractivity (Wildman–Crippen MR) is 83.5 cm³/mol. The van der Waals surface area contributed by atoms with Crippen LogP contribution in [0.3, 0.4) is 0 Å². The quantitative estimate of drug-likeness (QED) is 0.797. The normalized spacial score (nSPS) is 10.9. The maximum absolute atomic E-state index is 5.94. The lowest BCUT2D eigenvalue weighted by Gasteiger charge is -2.22. The van der Waals surface area contributed by atoms with Gasteiger partial charge in [-0.05, 0) is 36.2 Å². The summed E-state index contributed by atoms with van der Waals surface area (Å²) in [4.78, 5) is 6.40. The largest absolute Gasteiger partial charge is 0.330 e. The van der Waals surface area contributed by atoms with Crippen molar-refractivity contribution < 1.29 is 0 Å². The molecule has 2 aromatic rings. The third-order valence-corrected chi connectivity index (χ3v) is 3.33. The van der Waals surface area contributed by atoms with Crippen molar-refractivity contribution in [3.05, 3.63) is 64.9 Å². The van der Waals surface area contributed by atoms with Gasteiger partial charge < -0.3 is 5.73 Å². The molecule has 0 aliphatic heterocycles. The lowest BCUT2D eigenvalue weighted by molar-refractivity contribution is 0.255. The fraction of sp³-hybridized carbons (Fsp3) is 0.312. The molecular weight excluding hydrogens is 270 g/mol. The van der Waals surface area contributed by atoms with Gasteiger partial charge in [0.15, 0.2) is 0 Å². The summed E-state index contributed by atoms with van der Waals surface area (Å²) >= 11 is 5.94. The third-order valence-electron chi connectivity index (χ3n) is 3.12. The van der Waals surface area contributed by atoms with Crippen molar-refractivity contribution >= 4 is 11.6 Å². The second-order valence-electron chi connectivity index (χ2n) is 4.83. The molecule has 0 saturated carbocycles. The number of benzene rings is 1. The first-order valence-electron chi connectivity index (χ1n) is 6.84. The standard InChI is InChI=1S/C16H20ClN3/c17-16-11-15(7-9-19-16)13-20(10-4-8-18)12-14-5-2-1-3-6-14/h1-3,5-7,9,11H,4,8,10,12-13,18H2. The highest BCUT2D eigenvalue weighted by molar-refractivity contribution is 6.29. The number of nitrogens with two attached hydrogens (primary N) is 1. The van der Waals surface area contributed by atoms with Crippen molar-refractivity contribution in [2.75, 3.05) is 13.1 Å². The summed E-state index contributed by atoms with van der Waals surface area (Å²) in [6.45, 7) is 3.46. The van der Waals surface area contributed by atoms with Crippen molar-refractivity contribution in [3.63, 3.8) is 0 Å². The zero-order chi connectivity index (χ0) is 14.2. The van der Waals surface area contributed by atoms with E-state index in [2.05, 4.69) is 34.1 Å². The molecule has 20 heavy (non-hydrogen) atoms. The number of nitrogens with zero attached hydrogens (tertiary/aromatic N) is 2. The van der Waals surface area contributed by atoms with Crippen LogP contribution in [-0.4, -0.2) is 23.0 Å². The summed E-state index contributed by atoms with van der Waals surface area (Å²) in [5, 5.41) is 0.543. The molecule has 2 rings (SSSR count). The maximum atomic E-state index is 5.94. The van der Waals surface area contributed by atoms with Crippen molar-refractivity contribution in [3.8, 4) is 0 Å². The van der Waals surface area contributed by atoms with Crippen LogP contribution in [0.4, 0.5) is 0 Å². The van der Waals surface area contributed by atoms with Crippen molar-refractivity contribution in [1.29, 1.82) is 0 Å². The molecule has 0 aliphatic rings. The minimum absolute atomic E-state index is 0.543. The van der Waals surface area contributed by atoms with Crippen LogP contribution < -0.4 is 5.73 Å². The fourth-order valence-corrected chi connectivity index (χ4v) is 2.37. The Hall–Kier alpha value is -1.42. The van der Waals surface area contributed by atoms with Crippen molar-refractivity contribution in [2.24, 2.45) is 5.73 Å². The van der Waals surface area contributed by atoms with Crippen molar-refractivity contribution in [1.82, 2.24) is 9.88 Å². The Morgan fingerprint density at radius 1 is 1.05 bits per heavy atom. The van der Waals surface area contributed by atoms with Crippen LogP contribution >= 0.6 is 11.6 Å². The number of hydrogen-bond acceptors (Lipinski definition) is 3. The number of halogens is 1. The molecule has 106 valence electrons. The average molecular weight is 290 g/mol. The van der Waals surface area contributed by atoms with E-state index in [9.17, 15) is 0 Å². The summed E-state index contributed by atoms with van der Waals surface area (Å²) < 4.78 is 0. The van der Waals surface area contributed by atoms with E-state index in [0.29, 0.717) is 11.7 Å². The van der Waals surface area contributed by atoms with E-state index < -0.39 is 0 Å². The summed E-state index contributed by atoms with van der Waals surface area (Å²) in [6.07, 6.45) is 2.74. The van der Waals surface area contributed by atoms with Gasteiger partial charge in [0, 0.05) is 25.8 Å². The SMILES string of the molecule is NCCCN(Cc1ccccc1)Cc1ccnc(Cl)c1. The molecule has 0 bridgehead atoms. The van der Waals surface area contributed by atoms with Gasteiger partial charge in [0.1, 0.15) is 5.15 Å². The number of pyridine rings is 1. The molecule has 1 heterocycles. The molecule has 3 nitrogen and oxygen atoms in total. The topological polar surface area (TPSA) is 42.1 Å². The Balaban J connectivity index is 2.03. The van der Waals surface area contributed by atoms with Gasteiger partial charge in [-0.3, -0.25) is 4.90 Å². The fourth-order valence-electron chi connectivity index (χ4n) is 2.17. The van der Waals surface area contributed by atoms with Crippen molar-refractivity contribution in [2.45, 2.75) is 19.5 Å². The van der Waals surface area contributed by atoms with Crippen LogP contribution in [0.5, 0.6) is 0 Å². The van der Waals surface area contributed by atoms with Crippen LogP contribution in [0, 0.1) is 0 Å². The molecule has 0 saturated heterocycles. The van der Waals surface area contributed by atoms with E-state index in [1.165, 1.54) is 11.1 Å². The third kappa shape index (κ3) is 4.93. The molecule has 2 N–H and O–H groups in total. The van der Waals surface area contributed by atoms with Gasteiger partial charge in [-0.1, -0.05) is 41.9 Å². The highest BCUT2D eigenvalue weighted by Gasteiger charge is 2.07. The van der Waals surface area contributed by atoms with E-state index in [1.54, 1.807) is 6.20 Å². The minimum atomic E-state index is 0.543. The van der Waals surface area contributed by atoms with E-state index in [-0.39, 0.29) is 0 Å². The van der Waals surface area contributed by atoms with E-state index in [0.717, 1.165) is 26.1 Å². The second kappa shape index (κ2) is 8.00. The van der Waals surface area contributed by atoms with Crippen LogP contribution in [-0.2, 0) is 13.1 Å². The van der Waals surface area contributed by atoms with Gasteiger partial charge in [-0.15, -0.1) is 0 Å². The Kier molecular flexibility index (Phi) is 5.99. The maximum Gasteiger partial charge on any atom is 0.129 e. The van der Waals surface area contributed by atoms with Gasteiger partial charge >= 0.3 is 0 Å². The highest BCUT2D eigenvalue weighted by atomic mass is 35.5. The molecular formula is C16H20ClN3. The molecule has 0 aliphatic carbocycles. The highest BCUT2D eigenvalue weighted by Crippen LogP contribution is 2.13. The zero-order valence-electron chi connectivity index (χ0n) is 11.5. The monoisotopic (exact) mass is 289 g/mol. The Bertz CT molecular complexity index is 516. The molecule has 0 atom stereocenters. The zero-order valence-corrected chi connectivity index (χ0v) is 12.3. The summed E-state index contributed by atoms with van der Waals surface area (Å²) in [5.74, 6) is 0. The molecule has 0 spiro atoms. The molecule has 0 radical (unpaired) electrons. The Labute approximate surface area is 125 Å². The summed E-state index contributed by atoms with van der Waals surface area (Å²) in [6, 6.07) is 14.4. The average Bonchev–Trinajstić information content (AvgIpc) is 2.46. The van der Waals surface area contributed by atoms with Gasteiger partial charge in [-0.25, -0.2) is 4.98 Å². The van der Waals surface area contributed by atoms with Crippen LogP contribution in [0.15, 0.2) is 48.7 Å². The first-order valence-corrected chi connectivity index (χ1v) is 7.22. The lowest BCUT2D eigenvalue weighted by Crippen LogP contribution is -2.25. The summed E-state index contributed by atoms with van der Waals surface area (Å²) in [7, 11) is 0. The molecule has 1 aromatic heterocycles. The van der Waals surface area contributed by atoms with E-state index >= 15 is 0 Å². The first kappa shape index (κ1) is 15.0. The second-order valence-corrected chi connectivity index (χ2v) is 5.21. The van der Waals surface area contributed by atoms with E-state index in [4.69, 9.17) is 17.3 Å². The van der Waals surface area contributed by atoms with Crippen LogP contribution in [0.25, 0.3) is 0 Å². The van der Waals surface area contributed by atoms with Crippen LogP contribution in [0.2, 0.25) is 5.15 Å². The van der Waals surface area contributed by atoms with Gasteiger partial charge in [0.05, 0.1) is 0 Å². The minimum Gasteiger partial charge on any atom is -0.330 e. The number of rotatable bonds is 7. The molecule has 0 unspecified atom stereocenters. The number of hydrogen-bond donors (Lipinski definition) is 1. The van der Waals surface area contributed by atoms with Gasteiger partial charge in [-0.2, -0.15) is 0 Å². The molecule has 1 aromatic carbocycles. The number of aromatic nitrogens is 1. The summed E-state index contributed by atoms with van der Waals surface area (Å²) in [5.41, 5.74) is 8.12. The first-order chi connectivity index (χ1) is 9.78. The van der Waals surface area contributed by atoms with Gasteiger partial charge in [0.2, 0.25) is 0 Å². The smallest absolute Gasteiger partial charge is 0.129 e. The predicted octanol–water partition coefficient (Wildman–Crippen LogP) is 3.09. The van der Waals surface area contributed by atoms with E-state index in [1.807, 2.05) is 18.2 Å². The van der Waals surface area contributed by atoms with Gasteiger partial charge in [0.25, 0.3) is 0 Å². The Morgan fingerprint density at radius 3 is 2.50 bits per heavy atom. The Morgan fingerprint density at radius 2 is 1.80 bits per heavy atom. The molecule has 0 amide bonds.